The Morgan fingerprint density at radius 2 is 2.12 bits per heavy atom. The van der Waals surface area contributed by atoms with Gasteiger partial charge in [0.15, 0.2) is 0 Å². The molecule has 0 saturated carbocycles. The van der Waals surface area contributed by atoms with Crippen molar-refractivity contribution < 1.29 is 24.2 Å². The van der Waals surface area contributed by atoms with Gasteiger partial charge in [-0.25, -0.2) is 4.90 Å². The third-order valence-electron chi connectivity index (χ3n) is 3.36. The predicted octanol–water partition coefficient (Wildman–Crippen LogP) is 1.54. The van der Waals surface area contributed by atoms with Crippen LogP contribution in [0.15, 0.2) is 24.3 Å². The largest absolute Gasteiger partial charge is 0.492 e. The van der Waals surface area contributed by atoms with Crippen LogP contribution in [0.2, 0.25) is 0 Å². The molecule has 8 heteroatoms. The summed E-state index contributed by atoms with van der Waals surface area (Å²) in [7, 11) is 0. The van der Waals surface area contributed by atoms with E-state index in [1.807, 2.05) is 6.92 Å². The number of hydrogen-bond donors (Lipinski definition) is 2. The summed E-state index contributed by atoms with van der Waals surface area (Å²) in [4.78, 5) is 37.7. The maximum absolute atomic E-state index is 12.5. The summed E-state index contributed by atoms with van der Waals surface area (Å²) in [5, 5.41) is 10.1. The van der Waals surface area contributed by atoms with Gasteiger partial charge in [0.25, 0.3) is 5.24 Å². The summed E-state index contributed by atoms with van der Waals surface area (Å²) in [5.41, 5.74) is 0.394. The lowest BCUT2D eigenvalue weighted by atomic mass is 10.2. The monoisotopic (exact) mass is 352 g/mol. The molecule has 3 amide bonds. The first kappa shape index (κ1) is 18.3. The first-order chi connectivity index (χ1) is 11.6. The standard InChI is InChI=1S/C16H20N2O5S/c1-2-23-12-7-4-3-6-11(12)18-15(21)13(24-16(18)22)10-14(20)17-8-5-9-19/h3-4,6-7,13,19H,2,5,8-10H2,1H3,(H,17,20). The highest BCUT2D eigenvalue weighted by Gasteiger charge is 2.42. The summed E-state index contributed by atoms with van der Waals surface area (Å²) >= 11 is 0.843. The number of thioether (sulfide) groups is 1. The van der Waals surface area contributed by atoms with Crippen molar-refractivity contribution in [3.63, 3.8) is 0 Å². The number of benzene rings is 1. The Hall–Kier alpha value is -2.06. The molecule has 1 heterocycles. The van der Waals surface area contributed by atoms with Gasteiger partial charge in [-0.1, -0.05) is 12.1 Å². The lowest BCUT2D eigenvalue weighted by Crippen LogP contribution is -2.35. The van der Waals surface area contributed by atoms with Crippen molar-refractivity contribution in [2.75, 3.05) is 24.7 Å². The minimum atomic E-state index is -0.749. The topological polar surface area (TPSA) is 95.9 Å². The highest BCUT2D eigenvalue weighted by molar-refractivity contribution is 8.15. The molecule has 130 valence electrons. The fourth-order valence-electron chi connectivity index (χ4n) is 2.27. The van der Waals surface area contributed by atoms with Gasteiger partial charge in [-0.05, 0) is 37.2 Å². The van der Waals surface area contributed by atoms with E-state index in [4.69, 9.17) is 9.84 Å². The maximum atomic E-state index is 12.5. The van der Waals surface area contributed by atoms with Crippen LogP contribution in [0.4, 0.5) is 10.5 Å². The van der Waals surface area contributed by atoms with E-state index in [0.29, 0.717) is 31.0 Å². The molecule has 1 aromatic rings. The number of rotatable bonds is 8. The second kappa shape index (κ2) is 8.70. The van der Waals surface area contributed by atoms with Crippen LogP contribution >= 0.6 is 11.8 Å². The number of nitrogens with zero attached hydrogens (tertiary/aromatic N) is 1. The van der Waals surface area contributed by atoms with Gasteiger partial charge < -0.3 is 15.2 Å². The van der Waals surface area contributed by atoms with E-state index in [1.165, 1.54) is 0 Å². The van der Waals surface area contributed by atoms with Crippen LogP contribution in [-0.4, -0.2) is 47.2 Å². The van der Waals surface area contributed by atoms with Crippen molar-refractivity contribution in [2.45, 2.75) is 25.0 Å². The Morgan fingerprint density at radius 3 is 2.83 bits per heavy atom. The molecular formula is C16H20N2O5S. The minimum absolute atomic E-state index is 0.0160. The number of aliphatic hydroxyl groups excluding tert-OH is 1. The second-order valence-corrected chi connectivity index (χ2v) is 6.23. The Kier molecular flexibility index (Phi) is 6.62. The Morgan fingerprint density at radius 1 is 1.38 bits per heavy atom. The normalized spacial score (nSPS) is 17.2. The van der Waals surface area contributed by atoms with Crippen molar-refractivity contribution in [3.05, 3.63) is 24.3 Å². The molecule has 2 N–H and O–H groups in total. The fourth-order valence-corrected chi connectivity index (χ4v) is 3.25. The van der Waals surface area contributed by atoms with E-state index in [-0.39, 0.29) is 18.9 Å². The van der Waals surface area contributed by atoms with E-state index >= 15 is 0 Å². The quantitative estimate of drug-likeness (QED) is 0.689. The third-order valence-corrected chi connectivity index (χ3v) is 4.39. The van der Waals surface area contributed by atoms with E-state index in [0.717, 1.165) is 16.7 Å². The Balaban J connectivity index is 2.08. The van der Waals surface area contributed by atoms with Crippen LogP contribution in [0, 0.1) is 0 Å². The number of imide groups is 1. The first-order valence-electron chi connectivity index (χ1n) is 7.72. The number of carbonyl (C=O) groups is 3. The van der Waals surface area contributed by atoms with Gasteiger partial charge in [0.1, 0.15) is 11.0 Å². The summed E-state index contributed by atoms with van der Waals surface area (Å²) < 4.78 is 5.47. The zero-order chi connectivity index (χ0) is 17.5. The predicted molar refractivity (Wildman–Crippen MR) is 91.2 cm³/mol. The number of anilines is 1. The van der Waals surface area contributed by atoms with Gasteiger partial charge in [-0.15, -0.1) is 0 Å². The van der Waals surface area contributed by atoms with Gasteiger partial charge >= 0.3 is 0 Å². The lowest BCUT2D eigenvalue weighted by molar-refractivity contribution is -0.124. The molecule has 7 nitrogen and oxygen atoms in total. The molecule has 0 spiro atoms. The zero-order valence-electron chi connectivity index (χ0n) is 13.4. The van der Waals surface area contributed by atoms with Crippen LogP contribution in [0.5, 0.6) is 5.75 Å². The summed E-state index contributed by atoms with van der Waals surface area (Å²) in [5.74, 6) is -0.285. The number of carbonyl (C=O) groups excluding carboxylic acids is 3. The van der Waals surface area contributed by atoms with Crippen LogP contribution < -0.4 is 15.0 Å². The number of amides is 3. The second-order valence-electron chi connectivity index (χ2n) is 5.08. The maximum Gasteiger partial charge on any atom is 0.293 e. The van der Waals surface area contributed by atoms with E-state index < -0.39 is 16.4 Å². The third kappa shape index (κ3) is 4.27. The van der Waals surface area contributed by atoms with Crippen LogP contribution in [0.3, 0.4) is 0 Å². The van der Waals surface area contributed by atoms with Gasteiger partial charge in [-0.2, -0.15) is 0 Å². The lowest BCUT2D eigenvalue weighted by Gasteiger charge is -2.17. The number of hydrogen-bond acceptors (Lipinski definition) is 6. The van der Waals surface area contributed by atoms with Gasteiger partial charge in [0, 0.05) is 19.6 Å². The van der Waals surface area contributed by atoms with Crippen molar-refractivity contribution in [2.24, 2.45) is 0 Å². The molecule has 2 rings (SSSR count). The molecule has 1 unspecified atom stereocenters. The molecule has 1 saturated heterocycles. The van der Waals surface area contributed by atoms with Crippen molar-refractivity contribution in [1.29, 1.82) is 0 Å². The van der Waals surface area contributed by atoms with Crippen LogP contribution in [0.25, 0.3) is 0 Å². The molecule has 0 aromatic heterocycles. The summed E-state index contributed by atoms with van der Waals surface area (Å²) in [6.45, 7) is 2.55. The van der Waals surface area contributed by atoms with E-state index in [2.05, 4.69) is 5.32 Å². The molecular weight excluding hydrogens is 332 g/mol. The average Bonchev–Trinajstić information content (AvgIpc) is 2.83. The van der Waals surface area contributed by atoms with E-state index in [9.17, 15) is 14.4 Å². The molecule has 1 aliphatic rings. The van der Waals surface area contributed by atoms with Crippen molar-refractivity contribution >= 4 is 34.5 Å². The van der Waals surface area contributed by atoms with Gasteiger partial charge in [0.2, 0.25) is 11.8 Å². The van der Waals surface area contributed by atoms with Gasteiger partial charge in [0.05, 0.1) is 12.3 Å². The molecule has 0 radical (unpaired) electrons. The highest BCUT2D eigenvalue weighted by atomic mass is 32.2. The molecule has 0 bridgehead atoms. The average molecular weight is 352 g/mol. The number of aliphatic hydroxyl groups is 1. The highest BCUT2D eigenvalue weighted by Crippen LogP contribution is 2.37. The Bertz CT molecular complexity index is 622. The molecule has 1 aliphatic heterocycles. The molecule has 1 atom stereocenters. The zero-order valence-corrected chi connectivity index (χ0v) is 14.2. The molecule has 1 aromatic carbocycles. The number of para-hydroxylation sites is 2. The molecule has 24 heavy (non-hydrogen) atoms. The minimum Gasteiger partial charge on any atom is -0.492 e. The van der Waals surface area contributed by atoms with Crippen molar-refractivity contribution in [3.8, 4) is 5.75 Å². The number of nitrogens with one attached hydrogen (secondary N) is 1. The van der Waals surface area contributed by atoms with Crippen LogP contribution in [0.1, 0.15) is 19.8 Å². The summed E-state index contributed by atoms with van der Waals surface area (Å²) in [6, 6.07) is 6.82. The molecule has 1 fully saturated rings. The number of ether oxygens (including phenoxy) is 1. The fraction of sp³-hybridized carbons (Fsp3) is 0.438. The van der Waals surface area contributed by atoms with Crippen LogP contribution in [-0.2, 0) is 9.59 Å². The summed E-state index contributed by atoms with van der Waals surface area (Å²) in [6.07, 6.45) is 0.373. The van der Waals surface area contributed by atoms with Gasteiger partial charge in [-0.3, -0.25) is 14.4 Å². The van der Waals surface area contributed by atoms with Crippen molar-refractivity contribution in [1.82, 2.24) is 5.32 Å². The molecule has 0 aliphatic carbocycles. The smallest absolute Gasteiger partial charge is 0.293 e. The SMILES string of the molecule is CCOc1ccccc1N1C(=O)SC(CC(=O)NCCCO)C1=O. The first-order valence-corrected chi connectivity index (χ1v) is 8.60. The Labute approximate surface area is 144 Å². The van der Waals surface area contributed by atoms with E-state index in [1.54, 1.807) is 24.3 Å².